The summed E-state index contributed by atoms with van der Waals surface area (Å²) in [5.41, 5.74) is 2.24. The average Bonchev–Trinajstić information content (AvgIpc) is 2.61. The van der Waals surface area contributed by atoms with Gasteiger partial charge >= 0.3 is 0 Å². The van der Waals surface area contributed by atoms with Crippen LogP contribution in [0.2, 0.25) is 0 Å². The molecule has 9 heteroatoms. The summed E-state index contributed by atoms with van der Waals surface area (Å²) in [5, 5.41) is 4.05. The van der Waals surface area contributed by atoms with E-state index in [-0.39, 0.29) is 0 Å². The first-order chi connectivity index (χ1) is 14.1. The van der Waals surface area contributed by atoms with E-state index in [0.717, 1.165) is 10.9 Å². The minimum atomic E-state index is -2.29. The van der Waals surface area contributed by atoms with Gasteiger partial charge in [0.2, 0.25) is 0 Å². The molecule has 4 rings (SSSR count). The summed E-state index contributed by atoms with van der Waals surface area (Å²) in [6, 6.07) is 7.94. The number of ether oxygens (including phenoxy) is 2. The highest BCUT2D eigenvalue weighted by molar-refractivity contribution is 7.92. The number of halogens is 1. The third-order valence-electron chi connectivity index (χ3n) is 4.61. The van der Waals surface area contributed by atoms with Gasteiger partial charge in [-0.15, -0.1) is 0 Å². The Morgan fingerprint density at radius 2 is 2.00 bits per heavy atom. The van der Waals surface area contributed by atoms with Crippen molar-refractivity contribution in [1.29, 1.82) is 0 Å². The average molecular weight is 431 g/mol. The number of anilines is 2. The van der Waals surface area contributed by atoms with Crippen molar-refractivity contribution in [2.24, 2.45) is 4.36 Å². The third kappa shape index (κ3) is 4.36. The van der Waals surface area contributed by atoms with Crippen LogP contribution in [0.4, 0.5) is 21.6 Å². The molecule has 0 spiro atoms. The number of fused-ring (bicyclic) bond motifs is 1. The van der Waals surface area contributed by atoms with Crippen LogP contribution in [-0.2, 0) is 14.5 Å². The SMILES string of the molecule is Cc1cc(N=S(C)(C)=O)cc2ncnc(Nc3ccc(F)cc3OC3(C)COC3)c12. The Bertz CT molecular complexity index is 1240. The minimum Gasteiger partial charge on any atom is -0.480 e. The zero-order valence-corrected chi connectivity index (χ0v) is 18.0. The fraction of sp³-hybridized carbons (Fsp3) is 0.333. The van der Waals surface area contributed by atoms with Gasteiger partial charge in [0, 0.05) is 33.7 Å². The van der Waals surface area contributed by atoms with Crippen LogP contribution in [0.25, 0.3) is 10.9 Å². The second-order valence-electron chi connectivity index (χ2n) is 7.96. The summed E-state index contributed by atoms with van der Waals surface area (Å²) in [4.78, 5) is 8.72. The van der Waals surface area contributed by atoms with Crippen LogP contribution in [0.5, 0.6) is 5.75 Å². The van der Waals surface area contributed by atoms with Gasteiger partial charge < -0.3 is 14.8 Å². The minimum absolute atomic E-state index is 0.383. The van der Waals surface area contributed by atoms with E-state index < -0.39 is 21.1 Å². The Labute approximate surface area is 174 Å². The molecule has 30 heavy (non-hydrogen) atoms. The van der Waals surface area contributed by atoms with Gasteiger partial charge in [-0.2, -0.15) is 4.36 Å². The summed E-state index contributed by atoms with van der Waals surface area (Å²) >= 11 is 0. The van der Waals surface area contributed by atoms with E-state index in [2.05, 4.69) is 19.6 Å². The van der Waals surface area contributed by atoms with Crippen LogP contribution in [-0.4, -0.2) is 45.5 Å². The predicted molar refractivity (Wildman–Crippen MR) is 116 cm³/mol. The molecule has 1 aromatic heterocycles. The van der Waals surface area contributed by atoms with E-state index in [0.29, 0.717) is 41.7 Å². The van der Waals surface area contributed by atoms with Gasteiger partial charge in [-0.05, 0) is 43.7 Å². The normalized spacial score (nSPS) is 15.5. The topological polar surface area (TPSA) is 85.7 Å². The summed E-state index contributed by atoms with van der Waals surface area (Å²) in [5.74, 6) is 0.551. The molecule has 1 N–H and O–H groups in total. The molecular formula is C21H23FN4O3S. The molecule has 2 heterocycles. The van der Waals surface area contributed by atoms with Gasteiger partial charge in [-0.3, -0.25) is 0 Å². The monoisotopic (exact) mass is 430 g/mol. The van der Waals surface area contributed by atoms with Crippen LogP contribution in [0.1, 0.15) is 12.5 Å². The first-order valence-electron chi connectivity index (χ1n) is 9.38. The highest BCUT2D eigenvalue weighted by Gasteiger charge is 2.36. The number of benzene rings is 2. The Morgan fingerprint density at radius 3 is 2.67 bits per heavy atom. The number of aromatic nitrogens is 2. The summed E-state index contributed by atoms with van der Waals surface area (Å²) in [7, 11) is -2.29. The molecule has 0 saturated carbocycles. The molecule has 1 saturated heterocycles. The van der Waals surface area contributed by atoms with Crippen LogP contribution >= 0.6 is 0 Å². The van der Waals surface area contributed by atoms with E-state index in [1.54, 1.807) is 24.6 Å². The van der Waals surface area contributed by atoms with Gasteiger partial charge in [-0.25, -0.2) is 18.6 Å². The van der Waals surface area contributed by atoms with Crippen molar-refractivity contribution in [3.05, 3.63) is 48.0 Å². The van der Waals surface area contributed by atoms with Crippen LogP contribution < -0.4 is 10.1 Å². The molecule has 2 aromatic carbocycles. The molecule has 0 unspecified atom stereocenters. The van der Waals surface area contributed by atoms with E-state index in [9.17, 15) is 8.60 Å². The number of hydrogen-bond acceptors (Lipinski definition) is 7. The molecule has 1 aliphatic heterocycles. The number of aryl methyl sites for hydroxylation is 1. The predicted octanol–water partition coefficient (Wildman–Crippen LogP) is 4.35. The summed E-state index contributed by atoms with van der Waals surface area (Å²) < 4.78 is 41.5. The zero-order valence-electron chi connectivity index (χ0n) is 17.2. The van der Waals surface area contributed by atoms with Crippen molar-refractivity contribution in [2.75, 3.05) is 31.0 Å². The van der Waals surface area contributed by atoms with E-state index in [1.807, 2.05) is 19.9 Å². The molecule has 0 aliphatic carbocycles. The molecular weight excluding hydrogens is 407 g/mol. The lowest BCUT2D eigenvalue weighted by Gasteiger charge is -2.38. The zero-order chi connectivity index (χ0) is 21.5. The fourth-order valence-electron chi connectivity index (χ4n) is 3.30. The van der Waals surface area contributed by atoms with Crippen LogP contribution in [0.3, 0.4) is 0 Å². The van der Waals surface area contributed by atoms with Gasteiger partial charge in [0.1, 0.15) is 23.7 Å². The second kappa shape index (κ2) is 7.48. The van der Waals surface area contributed by atoms with Crippen molar-refractivity contribution in [2.45, 2.75) is 19.4 Å². The number of hydrogen-bond donors (Lipinski definition) is 1. The number of nitrogens with zero attached hydrogens (tertiary/aromatic N) is 3. The smallest absolute Gasteiger partial charge is 0.153 e. The third-order valence-corrected chi connectivity index (χ3v) is 5.26. The Balaban J connectivity index is 1.75. The number of rotatable bonds is 5. The lowest BCUT2D eigenvalue weighted by atomic mass is 10.1. The van der Waals surface area contributed by atoms with Crippen molar-refractivity contribution in [1.82, 2.24) is 9.97 Å². The van der Waals surface area contributed by atoms with Crippen molar-refractivity contribution in [3.63, 3.8) is 0 Å². The van der Waals surface area contributed by atoms with Crippen LogP contribution in [0, 0.1) is 12.7 Å². The maximum Gasteiger partial charge on any atom is 0.153 e. The molecule has 158 valence electrons. The Hall–Kier alpha value is -2.78. The van der Waals surface area contributed by atoms with Crippen molar-refractivity contribution >= 4 is 37.8 Å². The number of nitrogens with one attached hydrogen (secondary N) is 1. The fourth-order valence-corrected chi connectivity index (χ4v) is 3.91. The molecule has 7 nitrogen and oxygen atoms in total. The molecule has 1 aliphatic rings. The first kappa shape index (κ1) is 20.5. The maximum atomic E-state index is 13.9. The maximum absolute atomic E-state index is 13.9. The highest BCUT2D eigenvalue weighted by atomic mass is 32.2. The largest absolute Gasteiger partial charge is 0.480 e. The van der Waals surface area contributed by atoms with Crippen molar-refractivity contribution in [3.8, 4) is 5.75 Å². The van der Waals surface area contributed by atoms with E-state index >= 15 is 0 Å². The molecule has 1 fully saturated rings. The van der Waals surface area contributed by atoms with Gasteiger partial charge in [-0.1, -0.05) is 0 Å². The summed E-state index contributed by atoms with van der Waals surface area (Å²) in [6.07, 6.45) is 4.61. The van der Waals surface area contributed by atoms with Crippen LogP contribution in [0.15, 0.2) is 41.0 Å². The van der Waals surface area contributed by atoms with Gasteiger partial charge in [0.25, 0.3) is 0 Å². The quantitative estimate of drug-likeness (QED) is 0.648. The van der Waals surface area contributed by atoms with E-state index in [4.69, 9.17) is 9.47 Å². The second-order valence-corrected chi connectivity index (χ2v) is 10.5. The van der Waals surface area contributed by atoms with E-state index in [1.165, 1.54) is 18.5 Å². The van der Waals surface area contributed by atoms with Gasteiger partial charge in [0.15, 0.2) is 5.60 Å². The highest BCUT2D eigenvalue weighted by Crippen LogP contribution is 2.36. The molecule has 0 amide bonds. The summed E-state index contributed by atoms with van der Waals surface area (Å²) in [6.45, 7) is 4.73. The lowest BCUT2D eigenvalue weighted by Crippen LogP contribution is -2.51. The molecule has 3 aromatic rings. The van der Waals surface area contributed by atoms with Crippen molar-refractivity contribution < 1.29 is 18.1 Å². The van der Waals surface area contributed by atoms with Gasteiger partial charge in [0.05, 0.1) is 30.1 Å². The molecule has 0 atom stereocenters. The Morgan fingerprint density at radius 1 is 1.23 bits per heavy atom. The molecule has 0 radical (unpaired) electrons. The Kier molecular flexibility index (Phi) is 5.11. The lowest BCUT2D eigenvalue weighted by molar-refractivity contribution is -0.149. The molecule has 0 bridgehead atoms. The standard InChI is InChI=1S/C21H23FN4O3S/c1-13-7-15(26-30(3,4)27)9-17-19(13)20(24-12-23-17)25-16-6-5-14(22)8-18(16)29-21(2)10-28-11-21/h5-9,12H,10-11H2,1-4H3,(H,23,24,25). The first-order valence-corrected chi connectivity index (χ1v) is 11.7.